The molecule has 0 aliphatic carbocycles. The van der Waals surface area contributed by atoms with Crippen LogP contribution in [-0.2, 0) is 0 Å². The number of nitrogens with one attached hydrogen (secondary N) is 1. The summed E-state index contributed by atoms with van der Waals surface area (Å²) in [4.78, 5) is 17.6. The molecule has 32 heavy (non-hydrogen) atoms. The Morgan fingerprint density at radius 2 is 1.66 bits per heavy atom. The molecule has 0 saturated carbocycles. The topological polar surface area (TPSA) is 59.8 Å². The maximum absolute atomic E-state index is 13.5. The van der Waals surface area contributed by atoms with Gasteiger partial charge in [0, 0.05) is 16.6 Å². The van der Waals surface area contributed by atoms with E-state index in [1.165, 1.54) is 12.1 Å². The summed E-state index contributed by atoms with van der Waals surface area (Å²) in [5.41, 5.74) is 3.15. The fraction of sp³-hybridized carbons (Fsp3) is 0.0385. The highest BCUT2D eigenvalue weighted by atomic mass is 19.1. The summed E-state index contributed by atoms with van der Waals surface area (Å²) < 4.78 is 15.1. The van der Waals surface area contributed by atoms with Gasteiger partial charge in [0.2, 0.25) is 5.82 Å². The molecule has 0 fully saturated rings. The van der Waals surface area contributed by atoms with Gasteiger partial charge in [0.25, 0.3) is 5.91 Å². The van der Waals surface area contributed by atoms with E-state index >= 15 is 0 Å². The zero-order valence-corrected chi connectivity index (χ0v) is 17.3. The van der Waals surface area contributed by atoms with Crippen molar-refractivity contribution >= 4 is 22.4 Å². The molecule has 0 saturated heterocycles. The predicted molar refractivity (Wildman–Crippen MR) is 123 cm³/mol. The summed E-state index contributed by atoms with van der Waals surface area (Å²) in [7, 11) is 0. The van der Waals surface area contributed by atoms with Crippen molar-refractivity contribution in [2.75, 3.05) is 5.32 Å². The highest BCUT2D eigenvalue weighted by Gasteiger charge is 2.19. The number of anilines is 1. The van der Waals surface area contributed by atoms with E-state index < -0.39 is 5.91 Å². The fourth-order valence-corrected chi connectivity index (χ4v) is 3.65. The number of aromatic nitrogens is 3. The molecule has 4 aromatic carbocycles. The van der Waals surface area contributed by atoms with Crippen molar-refractivity contribution in [3.8, 4) is 17.1 Å². The Kier molecular flexibility index (Phi) is 4.95. The van der Waals surface area contributed by atoms with Gasteiger partial charge in [-0.3, -0.25) is 4.79 Å². The normalized spacial score (nSPS) is 10.9. The second kappa shape index (κ2) is 8.07. The first-order chi connectivity index (χ1) is 15.6. The van der Waals surface area contributed by atoms with E-state index in [2.05, 4.69) is 15.4 Å². The van der Waals surface area contributed by atoms with Gasteiger partial charge in [-0.25, -0.2) is 14.1 Å². The van der Waals surface area contributed by atoms with E-state index in [-0.39, 0.29) is 11.6 Å². The lowest BCUT2D eigenvalue weighted by atomic mass is 10.1. The summed E-state index contributed by atoms with van der Waals surface area (Å²) in [5, 5.41) is 9.38. The molecule has 0 radical (unpaired) electrons. The van der Waals surface area contributed by atoms with Crippen LogP contribution in [-0.4, -0.2) is 20.7 Å². The molecule has 0 spiro atoms. The number of benzene rings is 4. The lowest BCUT2D eigenvalue weighted by Crippen LogP contribution is -2.14. The third-order valence-electron chi connectivity index (χ3n) is 5.20. The van der Waals surface area contributed by atoms with Crippen molar-refractivity contribution in [2.45, 2.75) is 6.92 Å². The second-order valence-corrected chi connectivity index (χ2v) is 7.50. The third kappa shape index (κ3) is 3.74. The van der Waals surface area contributed by atoms with E-state index in [0.717, 1.165) is 22.0 Å². The minimum Gasteiger partial charge on any atom is -0.319 e. The Hall–Kier alpha value is -4.32. The van der Waals surface area contributed by atoms with Crippen LogP contribution in [0.25, 0.3) is 27.8 Å². The highest BCUT2D eigenvalue weighted by Crippen LogP contribution is 2.25. The van der Waals surface area contributed by atoms with E-state index in [1.807, 2.05) is 73.7 Å². The number of amides is 1. The van der Waals surface area contributed by atoms with Crippen molar-refractivity contribution in [3.63, 3.8) is 0 Å². The van der Waals surface area contributed by atoms with Crippen molar-refractivity contribution in [2.24, 2.45) is 0 Å². The van der Waals surface area contributed by atoms with Crippen LogP contribution in [0.1, 0.15) is 16.2 Å². The first-order valence-corrected chi connectivity index (χ1v) is 10.2. The van der Waals surface area contributed by atoms with Crippen LogP contribution >= 0.6 is 0 Å². The second-order valence-electron chi connectivity index (χ2n) is 7.50. The average molecular weight is 422 g/mol. The van der Waals surface area contributed by atoms with Crippen LogP contribution in [0, 0.1) is 12.7 Å². The van der Waals surface area contributed by atoms with Gasteiger partial charge >= 0.3 is 0 Å². The minimum absolute atomic E-state index is 0.0266. The standard InChI is InChI=1S/C26H19FN4O/c1-17-6-4-9-21(16-17)31-25(19-12-14-20(27)15-13-19)29-24(30-31)26(32)28-23-11-5-8-18-7-2-3-10-22(18)23/h2-16H,1H3,(H,28,32). The Morgan fingerprint density at radius 3 is 2.47 bits per heavy atom. The quantitative estimate of drug-likeness (QED) is 0.399. The number of fused-ring (bicyclic) bond motifs is 1. The molecule has 0 atom stereocenters. The first-order valence-electron chi connectivity index (χ1n) is 10.2. The summed E-state index contributed by atoms with van der Waals surface area (Å²) in [5.74, 6) is -0.280. The molecule has 0 bridgehead atoms. The highest BCUT2D eigenvalue weighted by molar-refractivity contribution is 6.07. The number of carbonyl (C=O) groups excluding carboxylic acids is 1. The van der Waals surface area contributed by atoms with Gasteiger partial charge in [0.15, 0.2) is 5.82 Å². The van der Waals surface area contributed by atoms with E-state index in [1.54, 1.807) is 16.8 Å². The van der Waals surface area contributed by atoms with Gasteiger partial charge in [0.1, 0.15) is 5.82 Å². The summed E-state index contributed by atoms with van der Waals surface area (Å²) in [6, 6.07) is 27.2. The number of hydrogen-bond donors (Lipinski definition) is 1. The molecule has 0 aliphatic rings. The number of hydrogen-bond acceptors (Lipinski definition) is 3. The maximum atomic E-state index is 13.5. The van der Waals surface area contributed by atoms with Gasteiger partial charge in [-0.1, -0.05) is 48.5 Å². The van der Waals surface area contributed by atoms with Crippen LogP contribution in [0.3, 0.4) is 0 Å². The molecule has 1 N–H and O–H groups in total. The molecule has 156 valence electrons. The molecule has 0 aliphatic heterocycles. The number of rotatable bonds is 4. The molecule has 1 amide bonds. The maximum Gasteiger partial charge on any atom is 0.295 e. The number of aryl methyl sites for hydroxylation is 1. The van der Waals surface area contributed by atoms with Gasteiger partial charge in [0.05, 0.1) is 5.69 Å². The molecular formula is C26H19FN4O. The van der Waals surface area contributed by atoms with Crippen LogP contribution < -0.4 is 5.32 Å². The fourth-order valence-electron chi connectivity index (χ4n) is 3.65. The van der Waals surface area contributed by atoms with Gasteiger partial charge < -0.3 is 5.32 Å². The lowest BCUT2D eigenvalue weighted by molar-refractivity contribution is 0.101. The Labute approximate surface area is 184 Å². The Balaban J connectivity index is 1.57. The molecule has 1 heterocycles. The van der Waals surface area contributed by atoms with Crippen LogP contribution in [0.5, 0.6) is 0 Å². The first kappa shape index (κ1) is 19.6. The molecular weight excluding hydrogens is 403 g/mol. The van der Waals surface area contributed by atoms with E-state index in [9.17, 15) is 9.18 Å². The van der Waals surface area contributed by atoms with Crippen molar-refractivity contribution in [1.82, 2.24) is 14.8 Å². The zero-order valence-electron chi connectivity index (χ0n) is 17.3. The van der Waals surface area contributed by atoms with Crippen LogP contribution in [0.15, 0.2) is 91.0 Å². The van der Waals surface area contributed by atoms with Crippen molar-refractivity contribution in [3.05, 3.63) is 108 Å². The third-order valence-corrected chi connectivity index (χ3v) is 5.20. The van der Waals surface area contributed by atoms with Crippen molar-refractivity contribution < 1.29 is 9.18 Å². The molecule has 5 rings (SSSR count). The zero-order chi connectivity index (χ0) is 22.1. The molecule has 0 unspecified atom stereocenters. The summed E-state index contributed by atoms with van der Waals surface area (Å²) in [6.45, 7) is 1.98. The predicted octanol–water partition coefficient (Wildman–Crippen LogP) is 5.79. The van der Waals surface area contributed by atoms with Gasteiger partial charge in [-0.05, 0) is 60.3 Å². The van der Waals surface area contributed by atoms with Crippen LogP contribution in [0.2, 0.25) is 0 Å². The molecule has 6 heteroatoms. The molecule has 5 aromatic rings. The van der Waals surface area contributed by atoms with Crippen molar-refractivity contribution in [1.29, 1.82) is 0 Å². The largest absolute Gasteiger partial charge is 0.319 e. The summed E-state index contributed by atoms with van der Waals surface area (Å²) in [6.07, 6.45) is 0. The molecule has 1 aromatic heterocycles. The molecule has 5 nitrogen and oxygen atoms in total. The number of halogens is 1. The average Bonchev–Trinajstić information content (AvgIpc) is 3.26. The van der Waals surface area contributed by atoms with Crippen LogP contribution in [0.4, 0.5) is 10.1 Å². The monoisotopic (exact) mass is 422 g/mol. The Morgan fingerprint density at radius 1 is 0.906 bits per heavy atom. The lowest BCUT2D eigenvalue weighted by Gasteiger charge is -2.07. The minimum atomic E-state index is -0.420. The Bertz CT molecular complexity index is 1430. The van der Waals surface area contributed by atoms with E-state index in [0.29, 0.717) is 17.1 Å². The summed E-state index contributed by atoms with van der Waals surface area (Å²) >= 11 is 0. The number of nitrogens with zero attached hydrogens (tertiary/aromatic N) is 3. The van der Waals surface area contributed by atoms with Gasteiger partial charge in [-0.15, -0.1) is 5.10 Å². The van der Waals surface area contributed by atoms with E-state index in [4.69, 9.17) is 0 Å². The van der Waals surface area contributed by atoms with Gasteiger partial charge in [-0.2, -0.15) is 0 Å². The smallest absolute Gasteiger partial charge is 0.295 e. The number of carbonyl (C=O) groups is 1. The SMILES string of the molecule is Cc1cccc(-n2nc(C(=O)Nc3cccc4ccccc34)nc2-c2ccc(F)cc2)c1.